The van der Waals surface area contributed by atoms with Crippen molar-refractivity contribution >= 4 is 11.6 Å². The summed E-state index contributed by atoms with van der Waals surface area (Å²) in [5.41, 5.74) is 0. The molecule has 0 rings (SSSR count). The minimum absolute atomic E-state index is 0. The van der Waals surface area contributed by atoms with Gasteiger partial charge in [0.05, 0.1) is 0 Å². The average Bonchev–Trinajstić information content (AvgIpc) is 2.34. The molecule has 0 saturated heterocycles. The van der Waals surface area contributed by atoms with Crippen LogP contribution in [0.2, 0.25) is 0 Å². The molecule has 1 radical (unpaired) electrons. The molecule has 0 fully saturated rings. The summed E-state index contributed by atoms with van der Waals surface area (Å²) in [6, 6.07) is 0. The summed E-state index contributed by atoms with van der Waals surface area (Å²) in [6.07, 6.45) is -23.4. The Bertz CT molecular complexity index is 527. The molecule has 0 aromatic rings. The summed E-state index contributed by atoms with van der Waals surface area (Å²) in [7, 11) is 0. The van der Waals surface area contributed by atoms with Crippen molar-refractivity contribution in [2.24, 2.45) is 0 Å². The zero-order valence-electron chi connectivity index (χ0n) is 11.8. The molecule has 0 aliphatic heterocycles. The van der Waals surface area contributed by atoms with Crippen molar-refractivity contribution in [2.45, 2.75) is 24.7 Å². The van der Waals surface area contributed by atoms with Crippen molar-refractivity contribution in [3.05, 3.63) is 23.7 Å². The first kappa shape index (κ1) is 29.8. The molecule has 2 N–H and O–H groups in total. The number of carbonyl (C=O) groups excluding carboxylic acids is 2. The number of aliphatic hydroxyl groups excluding tert-OH is 2. The van der Waals surface area contributed by atoms with Gasteiger partial charge in [-0.3, -0.25) is 9.59 Å². The third kappa shape index (κ3) is 13.0. The van der Waals surface area contributed by atoms with E-state index in [1.807, 2.05) is 0 Å². The fraction of sp³-hybridized carbons (Fsp3) is 0.400. The molecule has 0 atom stereocenters. The van der Waals surface area contributed by atoms with Crippen LogP contribution in [0.3, 0.4) is 0 Å². The average molecular weight is 471 g/mol. The molecule has 0 bridgehead atoms. The number of hydrogen-bond donors (Lipinski definition) is 2. The second kappa shape index (κ2) is 9.87. The Hall–Kier alpha value is -1.90. The maximum Gasteiger partial charge on any atom is 0.454 e. The summed E-state index contributed by atoms with van der Waals surface area (Å²) < 4.78 is 136. The van der Waals surface area contributed by atoms with Crippen molar-refractivity contribution in [3.8, 4) is 0 Å². The van der Waals surface area contributed by atoms with Gasteiger partial charge in [0.2, 0.25) is 11.5 Å². The molecule has 0 aromatic carbocycles. The summed E-state index contributed by atoms with van der Waals surface area (Å²) in [6.45, 7) is 0. The molecule has 0 spiro atoms. The van der Waals surface area contributed by atoms with Gasteiger partial charge in [-0.1, -0.05) is 0 Å². The molecule has 0 aromatic heterocycles. The monoisotopic (exact) mass is 471 g/mol. The maximum absolute atomic E-state index is 11.4. The Morgan fingerprint density at radius 1 is 0.519 bits per heavy atom. The molecule has 159 valence electrons. The van der Waals surface area contributed by atoms with Gasteiger partial charge in [-0.25, -0.2) is 0 Å². The van der Waals surface area contributed by atoms with E-state index in [0.29, 0.717) is 0 Å². The van der Waals surface area contributed by atoms with Crippen LogP contribution in [0.25, 0.3) is 0 Å². The van der Waals surface area contributed by atoms with Crippen LogP contribution in [0.15, 0.2) is 23.7 Å². The van der Waals surface area contributed by atoms with Crippen LogP contribution < -0.4 is 0 Å². The molecular weight excluding hydrogens is 467 g/mol. The number of carbonyl (C=O) groups is 2. The molecule has 0 heterocycles. The van der Waals surface area contributed by atoms with Crippen molar-refractivity contribution < 1.29 is 89.6 Å². The van der Waals surface area contributed by atoms with Gasteiger partial charge in [0.25, 0.3) is 11.6 Å². The fourth-order valence-corrected chi connectivity index (χ4v) is 0.576. The summed E-state index contributed by atoms with van der Waals surface area (Å²) >= 11 is 0. The normalized spacial score (nSPS) is 13.9. The van der Waals surface area contributed by atoms with E-state index in [1.165, 1.54) is 0 Å². The molecule has 0 saturated carbocycles. The second-order valence-corrected chi connectivity index (χ2v) is 3.78. The topological polar surface area (TPSA) is 74.6 Å². The van der Waals surface area contributed by atoms with Crippen molar-refractivity contribution in [2.75, 3.05) is 0 Å². The van der Waals surface area contributed by atoms with Gasteiger partial charge in [-0.15, -0.1) is 0 Å². The standard InChI is InChI=1S/2C5H2F6O2.Mn/c2*6-4(7,8)2(12)1-3(13)5(9,10)11;/h2*1,12H;/b2*2-1+;. The predicted octanol–water partition coefficient (Wildman–Crippen LogP) is 4.24. The quantitative estimate of drug-likeness (QED) is 0.274. The van der Waals surface area contributed by atoms with E-state index in [1.54, 1.807) is 0 Å². The second-order valence-electron chi connectivity index (χ2n) is 3.78. The van der Waals surface area contributed by atoms with Crippen LogP contribution in [-0.4, -0.2) is 46.5 Å². The van der Waals surface area contributed by atoms with Gasteiger partial charge in [-0.05, 0) is 0 Å². The van der Waals surface area contributed by atoms with E-state index in [0.717, 1.165) is 0 Å². The summed E-state index contributed by atoms with van der Waals surface area (Å²) in [4.78, 5) is 19.7. The molecular formula is C10H4F12MnO4. The van der Waals surface area contributed by atoms with E-state index in [2.05, 4.69) is 0 Å². The summed E-state index contributed by atoms with van der Waals surface area (Å²) in [5, 5.41) is 15.9. The largest absolute Gasteiger partial charge is 0.504 e. The van der Waals surface area contributed by atoms with Crippen molar-refractivity contribution in [3.63, 3.8) is 0 Å². The number of alkyl halides is 12. The Morgan fingerprint density at radius 3 is 0.815 bits per heavy atom. The van der Waals surface area contributed by atoms with Crippen LogP contribution in [0.4, 0.5) is 52.7 Å². The molecule has 0 unspecified atom stereocenters. The predicted molar refractivity (Wildman–Crippen MR) is 55.7 cm³/mol. The van der Waals surface area contributed by atoms with E-state index in [-0.39, 0.29) is 17.1 Å². The van der Waals surface area contributed by atoms with Crippen LogP contribution in [0.5, 0.6) is 0 Å². The molecule has 0 aliphatic rings. The van der Waals surface area contributed by atoms with Gasteiger partial charge >= 0.3 is 24.7 Å². The smallest absolute Gasteiger partial charge is 0.454 e. The number of halogens is 12. The first-order chi connectivity index (χ1) is 11.1. The Labute approximate surface area is 150 Å². The summed E-state index contributed by atoms with van der Waals surface area (Å²) in [5.74, 6) is -10.7. The number of aliphatic hydroxyl groups is 2. The third-order valence-corrected chi connectivity index (χ3v) is 1.68. The number of hydrogen-bond acceptors (Lipinski definition) is 4. The number of rotatable bonds is 2. The zero-order chi connectivity index (χ0) is 21.7. The first-order valence-electron chi connectivity index (χ1n) is 5.28. The van der Waals surface area contributed by atoms with Crippen LogP contribution in [0.1, 0.15) is 0 Å². The van der Waals surface area contributed by atoms with Crippen molar-refractivity contribution in [1.29, 1.82) is 0 Å². The Kier molecular flexibility index (Phi) is 10.9. The SMILES string of the molecule is O=C(/C=C(/O)C(F)(F)F)C(F)(F)F.O=C(/C=C(/O)C(F)(F)F)C(F)(F)F.[Mn]. The van der Waals surface area contributed by atoms with Crippen LogP contribution >= 0.6 is 0 Å². The van der Waals surface area contributed by atoms with E-state index < -0.39 is 59.9 Å². The molecule has 0 amide bonds. The molecule has 0 aliphatic carbocycles. The molecule has 27 heavy (non-hydrogen) atoms. The third-order valence-electron chi connectivity index (χ3n) is 1.68. The minimum Gasteiger partial charge on any atom is -0.504 e. The maximum atomic E-state index is 11.4. The van der Waals surface area contributed by atoms with Gasteiger partial charge in [-0.2, -0.15) is 52.7 Å². The Morgan fingerprint density at radius 2 is 0.704 bits per heavy atom. The van der Waals surface area contributed by atoms with Gasteiger partial charge in [0.15, 0.2) is 0 Å². The molecule has 4 nitrogen and oxygen atoms in total. The van der Waals surface area contributed by atoms with Crippen molar-refractivity contribution in [1.82, 2.24) is 0 Å². The number of ketones is 2. The Balaban J connectivity index is -0.000000411. The fourth-order valence-electron chi connectivity index (χ4n) is 0.576. The van der Waals surface area contributed by atoms with E-state index >= 15 is 0 Å². The number of allylic oxidation sites excluding steroid dienone is 4. The minimum atomic E-state index is -5.42. The van der Waals surface area contributed by atoms with E-state index in [4.69, 9.17) is 10.2 Å². The van der Waals surface area contributed by atoms with Gasteiger partial charge in [0.1, 0.15) is 0 Å². The van der Waals surface area contributed by atoms with Gasteiger partial charge < -0.3 is 10.2 Å². The molecule has 17 heteroatoms. The van der Waals surface area contributed by atoms with Crippen LogP contribution in [-0.2, 0) is 26.7 Å². The first-order valence-corrected chi connectivity index (χ1v) is 5.28. The van der Waals surface area contributed by atoms with Gasteiger partial charge in [0, 0.05) is 29.2 Å². The van der Waals surface area contributed by atoms with E-state index in [9.17, 15) is 62.3 Å². The van der Waals surface area contributed by atoms with Crippen LogP contribution in [0, 0.1) is 0 Å². The zero-order valence-corrected chi connectivity index (χ0v) is 13.0.